The van der Waals surface area contributed by atoms with Crippen molar-refractivity contribution in [3.8, 4) is 5.75 Å². The van der Waals surface area contributed by atoms with E-state index in [1.807, 2.05) is 0 Å². The number of halogens is 2. The van der Waals surface area contributed by atoms with Gasteiger partial charge < -0.3 is 15.0 Å². The number of nitrogens with zero attached hydrogens (tertiary/aromatic N) is 2. The zero-order valence-corrected chi connectivity index (χ0v) is 19.0. The molecule has 0 spiro atoms. The third-order valence-corrected chi connectivity index (χ3v) is 7.89. The van der Waals surface area contributed by atoms with Crippen molar-refractivity contribution < 1.29 is 27.1 Å². The molecule has 32 heavy (non-hydrogen) atoms. The summed E-state index contributed by atoms with van der Waals surface area (Å²) in [5, 5.41) is 2.58. The SMILES string of the molecule is Cc1ccc(C(=O)N2CCN(S(=O)(=O)c3cc4c(cc3Cl)NC(=O)[C@@H](C)O4)CC2)cc1F. The van der Waals surface area contributed by atoms with Crippen LogP contribution in [0.15, 0.2) is 35.2 Å². The summed E-state index contributed by atoms with van der Waals surface area (Å²) in [4.78, 5) is 25.8. The Kier molecular flexibility index (Phi) is 5.87. The summed E-state index contributed by atoms with van der Waals surface area (Å²) in [6, 6.07) is 6.92. The third-order valence-electron chi connectivity index (χ3n) is 5.53. The molecule has 0 radical (unpaired) electrons. The molecule has 1 atom stereocenters. The number of ether oxygens (including phenoxy) is 1. The number of fused-ring (bicyclic) bond motifs is 1. The number of sulfonamides is 1. The first-order chi connectivity index (χ1) is 15.1. The number of carbonyl (C=O) groups excluding carboxylic acids is 2. The average Bonchev–Trinajstić information content (AvgIpc) is 2.76. The Hall–Kier alpha value is -2.69. The summed E-state index contributed by atoms with van der Waals surface area (Å²) in [5.74, 6) is -0.952. The molecule has 0 unspecified atom stereocenters. The zero-order valence-electron chi connectivity index (χ0n) is 17.4. The number of rotatable bonds is 3. The van der Waals surface area contributed by atoms with Crippen LogP contribution in [0.25, 0.3) is 0 Å². The lowest BCUT2D eigenvalue weighted by atomic mass is 10.1. The maximum absolute atomic E-state index is 13.8. The van der Waals surface area contributed by atoms with E-state index in [2.05, 4.69) is 5.32 Å². The Morgan fingerprint density at radius 2 is 1.88 bits per heavy atom. The first-order valence-electron chi connectivity index (χ1n) is 9.94. The number of piperazine rings is 1. The van der Waals surface area contributed by atoms with Gasteiger partial charge in [-0.2, -0.15) is 4.31 Å². The van der Waals surface area contributed by atoms with E-state index in [9.17, 15) is 22.4 Å². The minimum Gasteiger partial charge on any atom is -0.479 e. The highest BCUT2D eigenvalue weighted by atomic mass is 35.5. The molecule has 2 aliphatic heterocycles. The van der Waals surface area contributed by atoms with Crippen molar-refractivity contribution in [2.45, 2.75) is 24.8 Å². The van der Waals surface area contributed by atoms with Gasteiger partial charge in [0.25, 0.3) is 11.8 Å². The molecule has 4 rings (SSSR count). The second kappa shape index (κ2) is 8.34. The van der Waals surface area contributed by atoms with Crippen LogP contribution in [0.2, 0.25) is 5.02 Å². The van der Waals surface area contributed by atoms with E-state index in [0.717, 1.165) is 0 Å². The summed E-state index contributed by atoms with van der Waals surface area (Å²) in [6.07, 6.45) is -0.764. The predicted molar refractivity (Wildman–Crippen MR) is 116 cm³/mol. The number of amides is 2. The van der Waals surface area contributed by atoms with Gasteiger partial charge in [0.15, 0.2) is 6.10 Å². The fraction of sp³-hybridized carbons (Fsp3) is 0.333. The summed E-state index contributed by atoms with van der Waals surface area (Å²) < 4.78 is 47.0. The zero-order chi connectivity index (χ0) is 23.2. The normalized spacial score (nSPS) is 19.2. The Balaban J connectivity index is 1.51. The van der Waals surface area contributed by atoms with Gasteiger partial charge in [0.1, 0.15) is 16.5 Å². The van der Waals surface area contributed by atoms with E-state index in [0.29, 0.717) is 11.3 Å². The van der Waals surface area contributed by atoms with Crippen molar-refractivity contribution >= 4 is 39.1 Å². The van der Waals surface area contributed by atoms with Gasteiger partial charge >= 0.3 is 0 Å². The minimum atomic E-state index is -3.97. The Morgan fingerprint density at radius 1 is 1.19 bits per heavy atom. The Labute approximate surface area is 189 Å². The van der Waals surface area contributed by atoms with Crippen LogP contribution in [-0.2, 0) is 14.8 Å². The molecule has 1 fully saturated rings. The largest absolute Gasteiger partial charge is 0.479 e. The monoisotopic (exact) mass is 481 g/mol. The van der Waals surface area contributed by atoms with E-state index in [4.69, 9.17) is 16.3 Å². The number of hydrogen-bond acceptors (Lipinski definition) is 5. The average molecular weight is 482 g/mol. The van der Waals surface area contributed by atoms with Crippen LogP contribution in [0.5, 0.6) is 5.75 Å². The van der Waals surface area contributed by atoms with E-state index >= 15 is 0 Å². The van der Waals surface area contributed by atoms with E-state index in [1.165, 1.54) is 33.5 Å². The van der Waals surface area contributed by atoms with Crippen LogP contribution >= 0.6 is 11.6 Å². The van der Waals surface area contributed by atoms with Gasteiger partial charge in [0.05, 0.1) is 10.7 Å². The van der Waals surface area contributed by atoms with Crippen molar-refractivity contribution in [1.82, 2.24) is 9.21 Å². The maximum Gasteiger partial charge on any atom is 0.265 e. The fourth-order valence-electron chi connectivity index (χ4n) is 3.59. The summed E-state index contributed by atoms with van der Waals surface area (Å²) in [7, 11) is -3.97. The van der Waals surface area contributed by atoms with Crippen molar-refractivity contribution in [3.63, 3.8) is 0 Å². The molecule has 0 aromatic heterocycles. The molecule has 2 heterocycles. The number of hydrogen-bond donors (Lipinski definition) is 1. The van der Waals surface area contributed by atoms with Gasteiger partial charge in [0, 0.05) is 37.8 Å². The van der Waals surface area contributed by atoms with E-state index in [1.54, 1.807) is 19.9 Å². The van der Waals surface area contributed by atoms with E-state index in [-0.39, 0.29) is 59.2 Å². The highest BCUT2D eigenvalue weighted by Crippen LogP contribution is 2.38. The predicted octanol–water partition coefficient (Wildman–Crippen LogP) is 2.65. The topological polar surface area (TPSA) is 96.0 Å². The molecule has 0 aliphatic carbocycles. The lowest BCUT2D eigenvalue weighted by Gasteiger charge is -2.34. The lowest BCUT2D eigenvalue weighted by molar-refractivity contribution is -0.122. The van der Waals surface area contributed by atoms with Gasteiger partial charge in [-0.1, -0.05) is 17.7 Å². The van der Waals surface area contributed by atoms with Gasteiger partial charge in [0.2, 0.25) is 10.0 Å². The summed E-state index contributed by atoms with van der Waals surface area (Å²) >= 11 is 6.22. The highest BCUT2D eigenvalue weighted by molar-refractivity contribution is 7.89. The molecule has 2 aromatic rings. The van der Waals surface area contributed by atoms with Crippen molar-refractivity contribution in [1.29, 1.82) is 0 Å². The molecule has 170 valence electrons. The molecule has 1 saturated heterocycles. The van der Waals surface area contributed by atoms with Crippen LogP contribution in [0.1, 0.15) is 22.8 Å². The summed E-state index contributed by atoms with van der Waals surface area (Å²) in [5.41, 5.74) is 0.964. The van der Waals surface area contributed by atoms with Crippen LogP contribution < -0.4 is 10.1 Å². The van der Waals surface area contributed by atoms with Crippen LogP contribution in [0.3, 0.4) is 0 Å². The second-order valence-corrected chi connectivity index (χ2v) is 10.0. The number of nitrogens with one attached hydrogen (secondary N) is 1. The first kappa shape index (κ1) is 22.5. The Bertz CT molecular complexity index is 1210. The van der Waals surface area contributed by atoms with Crippen LogP contribution in [0.4, 0.5) is 10.1 Å². The fourth-order valence-corrected chi connectivity index (χ4v) is 5.52. The van der Waals surface area contributed by atoms with Gasteiger partial charge in [-0.05, 0) is 37.6 Å². The highest BCUT2D eigenvalue weighted by Gasteiger charge is 2.34. The van der Waals surface area contributed by atoms with Gasteiger partial charge in [-0.15, -0.1) is 0 Å². The van der Waals surface area contributed by atoms with Crippen LogP contribution in [-0.4, -0.2) is 61.7 Å². The van der Waals surface area contributed by atoms with Gasteiger partial charge in [-0.25, -0.2) is 12.8 Å². The van der Waals surface area contributed by atoms with E-state index < -0.39 is 21.9 Å². The molecular formula is C21H21ClFN3O5S. The molecule has 0 saturated carbocycles. The lowest BCUT2D eigenvalue weighted by Crippen LogP contribution is -2.50. The molecular weight excluding hydrogens is 461 g/mol. The van der Waals surface area contributed by atoms with Gasteiger partial charge in [-0.3, -0.25) is 9.59 Å². The quantitative estimate of drug-likeness (QED) is 0.727. The standard InChI is InChI=1S/C21H21ClFN3O5S/c1-12-3-4-14(9-16(12)23)21(28)25-5-7-26(8-6-25)32(29,30)19-11-18-17(10-15(19)22)24-20(27)13(2)31-18/h3-4,9-11,13H,5-8H2,1-2H3,(H,24,27)/t13-/m1/s1. The maximum atomic E-state index is 13.8. The van der Waals surface area contributed by atoms with Crippen molar-refractivity contribution in [3.05, 3.63) is 52.3 Å². The smallest absolute Gasteiger partial charge is 0.265 e. The van der Waals surface area contributed by atoms with Crippen LogP contribution in [0, 0.1) is 12.7 Å². The molecule has 2 amide bonds. The molecule has 2 aromatic carbocycles. The summed E-state index contributed by atoms with van der Waals surface area (Å²) in [6.45, 7) is 3.59. The molecule has 0 bridgehead atoms. The molecule has 8 nitrogen and oxygen atoms in total. The Morgan fingerprint density at radius 3 is 2.53 bits per heavy atom. The molecule has 1 N–H and O–H groups in total. The van der Waals surface area contributed by atoms with Crippen molar-refractivity contribution in [2.75, 3.05) is 31.5 Å². The molecule has 11 heteroatoms. The number of aryl methyl sites for hydroxylation is 1. The number of carbonyl (C=O) groups is 2. The van der Waals surface area contributed by atoms with Crippen molar-refractivity contribution in [2.24, 2.45) is 0 Å². The first-order valence-corrected chi connectivity index (χ1v) is 11.8. The minimum absolute atomic E-state index is 0.0455. The number of benzene rings is 2. The second-order valence-electron chi connectivity index (χ2n) is 7.69. The third kappa shape index (κ3) is 4.05. The number of anilines is 1. The molecule has 2 aliphatic rings.